The summed E-state index contributed by atoms with van der Waals surface area (Å²) in [5.41, 5.74) is 2.31. The summed E-state index contributed by atoms with van der Waals surface area (Å²) in [4.78, 5) is 27.5. The minimum atomic E-state index is -0.299. The molecule has 7 nitrogen and oxygen atoms in total. The number of halogens is 1. The molecule has 0 spiro atoms. The molecule has 8 heteroatoms. The molecule has 2 amide bonds. The van der Waals surface area contributed by atoms with E-state index in [0.717, 1.165) is 6.42 Å². The van der Waals surface area contributed by atoms with Gasteiger partial charge in [-0.25, -0.2) is 4.39 Å². The van der Waals surface area contributed by atoms with Crippen molar-refractivity contribution in [1.82, 2.24) is 14.7 Å². The van der Waals surface area contributed by atoms with Crippen LogP contribution in [0.2, 0.25) is 0 Å². The molecule has 0 fully saturated rings. The minimum absolute atomic E-state index is 0.0654. The molecule has 0 atom stereocenters. The number of hydrogen-bond donors (Lipinski definition) is 1. The smallest absolute Gasteiger partial charge is 0.259 e. The summed E-state index contributed by atoms with van der Waals surface area (Å²) in [6.45, 7) is 1.49. The highest BCUT2D eigenvalue weighted by Gasteiger charge is 2.25. The van der Waals surface area contributed by atoms with Gasteiger partial charge in [-0.3, -0.25) is 14.3 Å². The SMILES string of the molecule is COc1ccc(NC(=O)c2cnn3c2CN(C(=O)CCc2ccccc2F)CCC3)cc1. The Balaban J connectivity index is 1.45. The van der Waals surface area contributed by atoms with E-state index in [-0.39, 0.29) is 24.1 Å². The number of carbonyl (C=O) groups excluding carboxylic acids is 2. The molecule has 2 aromatic carbocycles. The number of methoxy groups -OCH3 is 1. The Morgan fingerprint density at radius 2 is 1.91 bits per heavy atom. The lowest BCUT2D eigenvalue weighted by Crippen LogP contribution is -2.31. The van der Waals surface area contributed by atoms with Gasteiger partial charge in [0, 0.05) is 25.2 Å². The number of rotatable bonds is 6. The van der Waals surface area contributed by atoms with Crippen LogP contribution in [0.25, 0.3) is 0 Å². The van der Waals surface area contributed by atoms with E-state index in [0.29, 0.717) is 54.3 Å². The third-order valence-electron chi connectivity index (χ3n) is 5.60. The van der Waals surface area contributed by atoms with Crippen molar-refractivity contribution >= 4 is 17.5 Å². The van der Waals surface area contributed by atoms with Gasteiger partial charge in [0.05, 0.1) is 31.1 Å². The molecule has 4 rings (SSSR count). The van der Waals surface area contributed by atoms with Crippen molar-refractivity contribution < 1.29 is 18.7 Å². The number of aryl methyl sites for hydroxylation is 2. The number of aromatic nitrogens is 2. The molecule has 32 heavy (non-hydrogen) atoms. The summed E-state index contributed by atoms with van der Waals surface area (Å²) < 4.78 is 20.8. The molecule has 0 saturated carbocycles. The van der Waals surface area contributed by atoms with Crippen molar-refractivity contribution in [3.05, 3.63) is 77.4 Å². The molecule has 1 aliphatic rings. The average molecular weight is 436 g/mol. The summed E-state index contributed by atoms with van der Waals surface area (Å²) in [5, 5.41) is 7.22. The summed E-state index contributed by atoms with van der Waals surface area (Å²) in [7, 11) is 1.58. The van der Waals surface area contributed by atoms with Gasteiger partial charge < -0.3 is 15.0 Å². The summed E-state index contributed by atoms with van der Waals surface area (Å²) in [5.74, 6) is 0.0557. The monoisotopic (exact) mass is 436 g/mol. The molecular weight excluding hydrogens is 411 g/mol. The van der Waals surface area contributed by atoms with E-state index in [9.17, 15) is 14.0 Å². The maximum absolute atomic E-state index is 13.9. The topological polar surface area (TPSA) is 76.5 Å². The molecule has 0 radical (unpaired) electrons. The van der Waals surface area contributed by atoms with E-state index in [2.05, 4.69) is 10.4 Å². The fourth-order valence-corrected chi connectivity index (χ4v) is 3.82. The lowest BCUT2D eigenvalue weighted by molar-refractivity contribution is -0.131. The van der Waals surface area contributed by atoms with E-state index in [1.807, 2.05) is 0 Å². The molecular formula is C24H25FN4O3. The van der Waals surface area contributed by atoms with Crippen LogP contribution in [-0.4, -0.2) is 40.1 Å². The van der Waals surface area contributed by atoms with E-state index in [1.54, 1.807) is 65.4 Å². The van der Waals surface area contributed by atoms with Gasteiger partial charge in [0.25, 0.3) is 5.91 Å². The first kappa shape index (κ1) is 21.5. The standard InChI is InChI=1S/C24H25FN4O3/c1-32-19-10-8-18(9-11-19)27-24(31)20-15-26-29-14-4-13-28(16-22(20)29)23(30)12-7-17-5-2-3-6-21(17)25/h2-3,5-6,8-11,15H,4,7,12-14,16H2,1H3,(H,27,31). The fraction of sp³-hybridized carbons (Fsp3) is 0.292. The Hall–Kier alpha value is -3.68. The average Bonchev–Trinajstić information content (AvgIpc) is 3.08. The zero-order chi connectivity index (χ0) is 22.5. The van der Waals surface area contributed by atoms with Crippen molar-refractivity contribution in [2.45, 2.75) is 32.4 Å². The molecule has 166 valence electrons. The Morgan fingerprint density at radius 3 is 2.66 bits per heavy atom. The molecule has 1 aliphatic heterocycles. The Bertz CT molecular complexity index is 1110. The van der Waals surface area contributed by atoms with Crippen LogP contribution in [-0.2, 0) is 24.3 Å². The second-order valence-corrected chi connectivity index (χ2v) is 7.67. The van der Waals surface area contributed by atoms with Crippen LogP contribution in [0.5, 0.6) is 5.75 Å². The molecule has 0 aliphatic carbocycles. The van der Waals surface area contributed by atoms with E-state index >= 15 is 0 Å². The van der Waals surface area contributed by atoms with Crippen molar-refractivity contribution in [3.8, 4) is 5.75 Å². The number of ether oxygens (including phenoxy) is 1. The number of benzene rings is 2. The molecule has 2 heterocycles. The molecule has 0 unspecified atom stereocenters. The first-order valence-corrected chi connectivity index (χ1v) is 10.6. The second-order valence-electron chi connectivity index (χ2n) is 7.67. The lowest BCUT2D eigenvalue weighted by Gasteiger charge is -2.20. The van der Waals surface area contributed by atoms with E-state index in [4.69, 9.17) is 4.74 Å². The number of amides is 2. The van der Waals surface area contributed by atoms with E-state index < -0.39 is 0 Å². The minimum Gasteiger partial charge on any atom is -0.497 e. The highest BCUT2D eigenvalue weighted by atomic mass is 19.1. The van der Waals surface area contributed by atoms with Crippen molar-refractivity contribution in [2.24, 2.45) is 0 Å². The third kappa shape index (κ3) is 4.80. The Morgan fingerprint density at radius 1 is 1.12 bits per heavy atom. The number of hydrogen-bond acceptors (Lipinski definition) is 4. The second kappa shape index (κ2) is 9.64. The molecule has 0 bridgehead atoms. The molecule has 1 aromatic heterocycles. The van der Waals surface area contributed by atoms with Crippen LogP contribution in [0.4, 0.5) is 10.1 Å². The Labute approximate surface area is 185 Å². The van der Waals surface area contributed by atoms with Gasteiger partial charge in [0.2, 0.25) is 5.91 Å². The number of fused-ring (bicyclic) bond motifs is 1. The first-order valence-electron chi connectivity index (χ1n) is 10.6. The molecule has 0 saturated heterocycles. The normalized spacial score (nSPS) is 13.2. The first-order chi connectivity index (χ1) is 15.5. The highest BCUT2D eigenvalue weighted by Crippen LogP contribution is 2.21. The van der Waals surface area contributed by atoms with Crippen molar-refractivity contribution in [2.75, 3.05) is 19.0 Å². The summed E-state index contributed by atoms with van der Waals surface area (Å²) >= 11 is 0. The van der Waals surface area contributed by atoms with Gasteiger partial charge in [0.15, 0.2) is 0 Å². The number of nitrogens with zero attached hydrogens (tertiary/aromatic N) is 3. The highest BCUT2D eigenvalue weighted by molar-refractivity contribution is 6.05. The van der Waals surface area contributed by atoms with Crippen LogP contribution in [0.15, 0.2) is 54.7 Å². The van der Waals surface area contributed by atoms with Gasteiger partial charge in [-0.1, -0.05) is 18.2 Å². The maximum atomic E-state index is 13.9. The number of anilines is 1. The van der Waals surface area contributed by atoms with Crippen molar-refractivity contribution in [3.63, 3.8) is 0 Å². The zero-order valence-corrected chi connectivity index (χ0v) is 17.9. The van der Waals surface area contributed by atoms with Gasteiger partial charge in [-0.05, 0) is 48.7 Å². The number of nitrogens with one attached hydrogen (secondary N) is 1. The van der Waals surface area contributed by atoms with Crippen LogP contribution in [0, 0.1) is 5.82 Å². The third-order valence-corrected chi connectivity index (χ3v) is 5.60. The predicted molar refractivity (Wildman–Crippen MR) is 118 cm³/mol. The maximum Gasteiger partial charge on any atom is 0.259 e. The predicted octanol–water partition coefficient (Wildman–Crippen LogP) is 3.65. The van der Waals surface area contributed by atoms with Crippen LogP contribution >= 0.6 is 0 Å². The number of carbonyl (C=O) groups is 2. The van der Waals surface area contributed by atoms with Crippen molar-refractivity contribution in [1.29, 1.82) is 0 Å². The summed E-state index contributed by atoms with van der Waals surface area (Å²) in [6, 6.07) is 13.6. The largest absolute Gasteiger partial charge is 0.497 e. The summed E-state index contributed by atoms with van der Waals surface area (Å²) in [6.07, 6.45) is 2.83. The zero-order valence-electron chi connectivity index (χ0n) is 17.9. The molecule has 3 aromatic rings. The van der Waals surface area contributed by atoms with E-state index in [1.165, 1.54) is 6.07 Å². The van der Waals surface area contributed by atoms with Crippen LogP contribution < -0.4 is 10.1 Å². The molecule has 1 N–H and O–H groups in total. The van der Waals surface area contributed by atoms with Crippen LogP contribution in [0.1, 0.15) is 34.5 Å². The van der Waals surface area contributed by atoms with Gasteiger partial charge >= 0.3 is 0 Å². The Kier molecular flexibility index (Phi) is 6.49. The van der Waals surface area contributed by atoms with Gasteiger partial charge in [0.1, 0.15) is 11.6 Å². The van der Waals surface area contributed by atoms with Crippen LogP contribution in [0.3, 0.4) is 0 Å². The fourth-order valence-electron chi connectivity index (χ4n) is 3.82. The van der Waals surface area contributed by atoms with Gasteiger partial charge in [-0.15, -0.1) is 0 Å². The van der Waals surface area contributed by atoms with Gasteiger partial charge in [-0.2, -0.15) is 5.10 Å². The lowest BCUT2D eigenvalue weighted by atomic mass is 10.1. The quantitative estimate of drug-likeness (QED) is 0.640.